The third-order valence-corrected chi connectivity index (χ3v) is 6.60. The van der Waals surface area contributed by atoms with E-state index in [1.807, 2.05) is 30.3 Å². The van der Waals surface area contributed by atoms with Gasteiger partial charge in [0.1, 0.15) is 12.4 Å². The van der Waals surface area contributed by atoms with Crippen molar-refractivity contribution >= 4 is 5.96 Å². The lowest BCUT2D eigenvalue weighted by Crippen LogP contribution is -2.58. The van der Waals surface area contributed by atoms with Gasteiger partial charge in [-0.25, -0.2) is 0 Å². The molecule has 3 rings (SSSR count). The third kappa shape index (κ3) is 6.35. The molecule has 2 heterocycles. The maximum Gasteiger partial charge on any atom is 0.193 e. The number of nitrogens with one attached hydrogen (secondary N) is 1. The van der Waals surface area contributed by atoms with Crippen molar-refractivity contribution in [1.82, 2.24) is 20.0 Å². The number of likely N-dealkylation sites (N-methyl/N-ethyl adjacent to an activating group) is 1. The number of ether oxygens (including phenoxy) is 1. The summed E-state index contributed by atoms with van der Waals surface area (Å²) < 4.78 is 5.89. The molecule has 1 N–H and O–H groups in total. The Morgan fingerprint density at radius 2 is 1.80 bits per heavy atom. The summed E-state index contributed by atoms with van der Waals surface area (Å²) in [7, 11) is 4.35. The highest BCUT2D eigenvalue weighted by Crippen LogP contribution is 2.31. The lowest BCUT2D eigenvalue weighted by molar-refractivity contribution is 0.0206. The summed E-state index contributed by atoms with van der Waals surface area (Å²) in [6, 6.07) is 10.0. The Balaban J connectivity index is 1.62. The van der Waals surface area contributed by atoms with E-state index < -0.39 is 0 Å². The summed E-state index contributed by atoms with van der Waals surface area (Å²) >= 11 is 0. The molecule has 2 aliphatic rings. The predicted octanol–water partition coefficient (Wildman–Crippen LogP) is 2.91. The molecule has 0 radical (unpaired) electrons. The first kappa shape index (κ1) is 22.9. The van der Waals surface area contributed by atoms with Gasteiger partial charge in [-0.2, -0.15) is 0 Å². The highest BCUT2D eigenvalue weighted by atomic mass is 16.5. The molecule has 0 aromatic heterocycles. The molecule has 0 saturated carbocycles. The average molecular weight is 416 g/mol. The topological polar surface area (TPSA) is 43.3 Å². The van der Waals surface area contributed by atoms with Crippen molar-refractivity contribution in [2.45, 2.75) is 44.6 Å². The van der Waals surface area contributed by atoms with Crippen molar-refractivity contribution in [3.63, 3.8) is 0 Å². The van der Waals surface area contributed by atoms with Crippen LogP contribution in [-0.2, 0) is 0 Å². The minimum Gasteiger partial charge on any atom is -0.492 e. The Morgan fingerprint density at radius 3 is 2.47 bits per heavy atom. The number of likely N-dealkylation sites (tertiary alicyclic amines) is 2. The van der Waals surface area contributed by atoms with Crippen molar-refractivity contribution in [2.24, 2.45) is 4.99 Å². The summed E-state index contributed by atoms with van der Waals surface area (Å²) in [6.07, 6.45) is 6.47. The number of para-hydroxylation sites is 1. The van der Waals surface area contributed by atoms with E-state index in [9.17, 15) is 0 Å². The van der Waals surface area contributed by atoms with E-state index in [0.29, 0.717) is 6.61 Å². The predicted molar refractivity (Wildman–Crippen MR) is 125 cm³/mol. The Morgan fingerprint density at radius 1 is 1.10 bits per heavy atom. The standard InChI is InChI=1S/C24H41N5O/c1-4-25-23(28(3)19-20-30-22-11-7-5-8-12-22)26-21-24(13-17-27(2)18-14-24)29-15-9-6-10-16-29/h5,7-8,11-12H,4,6,9-10,13-21H2,1-3H3,(H,25,26). The maximum atomic E-state index is 5.89. The van der Waals surface area contributed by atoms with E-state index in [4.69, 9.17) is 9.73 Å². The molecule has 2 fully saturated rings. The first-order chi connectivity index (χ1) is 14.6. The Bertz CT molecular complexity index is 636. The van der Waals surface area contributed by atoms with Crippen molar-refractivity contribution in [3.8, 4) is 5.75 Å². The van der Waals surface area contributed by atoms with Gasteiger partial charge in [-0.1, -0.05) is 24.6 Å². The Labute approximate surface area is 183 Å². The molecule has 0 unspecified atom stereocenters. The smallest absolute Gasteiger partial charge is 0.193 e. The summed E-state index contributed by atoms with van der Waals surface area (Å²) in [4.78, 5) is 12.6. The molecule has 6 heteroatoms. The maximum absolute atomic E-state index is 5.89. The van der Waals surface area contributed by atoms with Crippen LogP contribution in [0.3, 0.4) is 0 Å². The average Bonchev–Trinajstić information content (AvgIpc) is 2.79. The minimum atomic E-state index is 0.217. The van der Waals surface area contributed by atoms with Gasteiger partial charge in [0.05, 0.1) is 13.1 Å². The molecule has 2 aliphatic heterocycles. The second-order valence-corrected chi connectivity index (χ2v) is 8.83. The van der Waals surface area contributed by atoms with E-state index in [1.165, 1.54) is 58.3 Å². The number of hydrogen-bond acceptors (Lipinski definition) is 4. The number of hydrogen-bond donors (Lipinski definition) is 1. The molecule has 0 spiro atoms. The quantitative estimate of drug-likeness (QED) is 0.522. The molecular formula is C24H41N5O. The second kappa shape index (κ2) is 11.6. The first-order valence-corrected chi connectivity index (χ1v) is 11.7. The zero-order valence-corrected chi connectivity index (χ0v) is 19.3. The van der Waals surface area contributed by atoms with Crippen LogP contribution in [0.15, 0.2) is 35.3 Å². The van der Waals surface area contributed by atoms with Crippen molar-refractivity contribution in [2.75, 3.05) is 66.5 Å². The number of guanidine groups is 1. The van der Waals surface area contributed by atoms with Crippen LogP contribution in [0.2, 0.25) is 0 Å². The summed E-state index contributed by atoms with van der Waals surface area (Å²) in [6.45, 7) is 10.2. The first-order valence-electron chi connectivity index (χ1n) is 11.7. The number of nitrogens with zero attached hydrogens (tertiary/aromatic N) is 4. The highest BCUT2D eigenvalue weighted by molar-refractivity contribution is 5.79. The van der Waals surface area contributed by atoms with E-state index in [2.05, 4.69) is 41.0 Å². The van der Waals surface area contributed by atoms with E-state index in [0.717, 1.165) is 31.3 Å². The van der Waals surface area contributed by atoms with Gasteiger partial charge in [-0.05, 0) is 78.0 Å². The van der Waals surface area contributed by atoms with Gasteiger partial charge in [-0.3, -0.25) is 9.89 Å². The van der Waals surface area contributed by atoms with E-state index >= 15 is 0 Å². The Hall–Kier alpha value is -1.79. The van der Waals surface area contributed by atoms with Crippen LogP contribution >= 0.6 is 0 Å². The van der Waals surface area contributed by atoms with Gasteiger partial charge < -0.3 is 19.9 Å². The fourth-order valence-corrected chi connectivity index (χ4v) is 4.59. The summed E-state index contributed by atoms with van der Waals surface area (Å²) in [5.74, 6) is 1.91. The van der Waals surface area contributed by atoms with Crippen LogP contribution in [0.1, 0.15) is 39.0 Å². The lowest BCUT2D eigenvalue weighted by Gasteiger charge is -2.49. The minimum absolute atomic E-state index is 0.217. The third-order valence-electron chi connectivity index (χ3n) is 6.60. The molecule has 1 aromatic carbocycles. The molecule has 0 bridgehead atoms. The van der Waals surface area contributed by atoms with Crippen LogP contribution < -0.4 is 10.1 Å². The van der Waals surface area contributed by atoms with Gasteiger partial charge in [0.2, 0.25) is 0 Å². The molecule has 0 atom stereocenters. The zero-order chi connectivity index (χ0) is 21.2. The van der Waals surface area contributed by atoms with Crippen LogP contribution in [0.4, 0.5) is 0 Å². The Kier molecular flexibility index (Phi) is 8.82. The number of aliphatic imine (C=N–C) groups is 1. The van der Waals surface area contributed by atoms with Gasteiger partial charge in [0, 0.05) is 19.1 Å². The molecule has 0 aliphatic carbocycles. The second-order valence-electron chi connectivity index (χ2n) is 8.83. The van der Waals surface area contributed by atoms with Gasteiger partial charge >= 0.3 is 0 Å². The lowest BCUT2D eigenvalue weighted by atomic mass is 9.84. The highest BCUT2D eigenvalue weighted by Gasteiger charge is 2.39. The molecule has 0 amide bonds. The largest absolute Gasteiger partial charge is 0.492 e. The molecule has 1 aromatic rings. The van der Waals surface area contributed by atoms with Crippen LogP contribution in [0, 0.1) is 0 Å². The normalized spacial score (nSPS) is 20.7. The number of rotatable bonds is 8. The molecule has 168 valence electrons. The van der Waals surface area contributed by atoms with Crippen molar-refractivity contribution in [3.05, 3.63) is 30.3 Å². The van der Waals surface area contributed by atoms with Gasteiger partial charge in [0.25, 0.3) is 0 Å². The monoisotopic (exact) mass is 415 g/mol. The molecular weight excluding hydrogens is 374 g/mol. The number of benzene rings is 1. The van der Waals surface area contributed by atoms with E-state index in [1.54, 1.807) is 0 Å². The van der Waals surface area contributed by atoms with E-state index in [-0.39, 0.29) is 5.54 Å². The van der Waals surface area contributed by atoms with Crippen molar-refractivity contribution in [1.29, 1.82) is 0 Å². The van der Waals surface area contributed by atoms with Crippen LogP contribution in [0.25, 0.3) is 0 Å². The zero-order valence-electron chi connectivity index (χ0n) is 19.3. The SMILES string of the molecule is CCNC(=NCC1(N2CCCCC2)CCN(C)CC1)N(C)CCOc1ccccc1. The van der Waals surface area contributed by atoms with Crippen LogP contribution in [0.5, 0.6) is 5.75 Å². The van der Waals surface area contributed by atoms with Crippen molar-refractivity contribution < 1.29 is 4.74 Å². The summed E-state index contributed by atoms with van der Waals surface area (Å²) in [5.41, 5.74) is 0.217. The summed E-state index contributed by atoms with van der Waals surface area (Å²) in [5, 5.41) is 3.49. The van der Waals surface area contributed by atoms with Gasteiger partial charge in [-0.15, -0.1) is 0 Å². The molecule has 6 nitrogen and oxygen atoms in total. The van der Waals surface area contributed by atoms with Gasteiger partial charge in [0.15, 0.2) is 5.96 Å². The molecule has 2 saturated heterocycles. The van der Waals surface area contributed by atoms with Crippen LogP contribution in [-0.4, -0.2) is 92.7 Å². The molecule has 30 heavy (non-hydrogen) atoms. The fourth-order valence-electron chi connectivity index (χ4n) is 4.59. The fraction of sp³-hybridized carbons (Fsp3) is 0.708. The number of piperidine rings is 2.